The second kappa shape index (κ2) is 5.20. The third-order valence-corrected chi connectivity index (χ3v) is 3.14. The van der Waals surface area contributed by atoms with Crippen LogP contribution in [0.1, 0.15) is 29.8 Å². The van der Waals surface area contributed by atoms with E-state index < -0.39 is 0 Å². The molecular weight excluding hydrogens is 178 g/mol. The zero-order valence-corrected chi connectivity index (χ0v) is 9.16. The lowest BCUT2D eigenvalue weighted by atomic mass is 10.1. The Morgan fingerprint density at radius 1 is 1.69 bits per heavy atom. The highest BCUT2D eigenvalue weighted by atomic mass is 32.1. The zero-order chi connectivity index (χ0) is 9.68. The summed E-state index contributed by atoms with van der Waals surface area (Å²) in [5, 5.41) is 5.59. The molecule has 0 aliphatic carbocycles. The molecule has 1 unspecified atom stereocenters. The lowest BCUT2D eigenvalue weighted by Crippen LogP contribution is -2.19. The molecule has 1 nitrogen and oxygen atoms in total. The van der Waals surface area contributed by atoms with Crippen LogP contribution < -0.4 is 5.32 Å². The van der Waals surface area contributed by atoms with Crippen LogP contribution in [0.15, 0.2) is 24.1 Å². The van der Waals surface area contributed by atoms with E-state index in [2.05, 4.69) is 37.2 Å². The lowest BCUT2D eigenvalue weighted by molar-refractivity contribution is 0.619. The molecule has 0 saturated carbocycles. The zero-order valence-electron chi connectivity index (χ0n) is 8.34. The van der Waals surface area contributed by atoms with Crippen molar-refractivity contribution in [2.75, 3.05) is 6.54 Å². The van der Waals surface area contributed by atoms with Gasteiger partial charge in [-0.25, -0.2) is 0 Å². The summed E-state index contributed by atoms with van der Waals surface area (Å²) in [6.07, 6.45) is 3.14. The van der Waals surface area contributed by atoms with Crippen molar-refractivity contribution in [1.29, 1.82) is 0 Å². The Morgan fingerprint density at radius 3 is 2.92 bits per heavy atom. The van der Waals surface area contributed by atoms with Gasteiger partial charge in [0, 0.05) is 4.88 Å². The van der Waals surface area contributed by atoms with Crippen molar-refractivity contribution in [3.63, 3.8) is 0 Å². The molecule has 0 fully saturated rings. The Bertz CT molecular complexity index is 265. The van der Waals surface area contributed by atoms with Gasteiger partial charge in [-0.05, 0) is 36.9 Å². The number of rotatable bonds is 5. The first-order chi connectivity index (χ1) is 6.29. The van der Waals surface area contributed by atoms with Crippen LogP contribution in [0.3, 0.4) is 0 Å². The summed E-state index contributed by atoms with van der Waals surface area (Å²) < 4.78 is 0. The summed E-state index contributed by atoms with van der Waals surface area (Å²) in [5.41, 5.74) is 1.36. The minimum atomic E-state index is 0.333. The fourth-order valence-corrected chi connectivity index (χ4v) is 2.28. The van der Waals surface area contributed by atoms with Crippen LogP contribution in [0, 0.1) is 6.92 Å². The Hall–Kier alpha value is -0.600. The second-order valence-corrected chi connectivity index (χ2v) is 4.08. The highest BCUT2D eigenvalue weighted by molar-refractivity contribution is 7.10. The van der Waals surface area contributed by atoms with Crippen LogP contribution in [0.5, 0.6) is 0 Å². The van der Waals surface area contributed by atoms with Gasteiger partial charge in [0.15, 0.2) is 0 Å². The molecule has 1 aromatic rings. The molecule has 0 saturated heterocycles. The molecule has 2 heteroatoms. The van der Waals surface area contributed by atoms with Crippen molar-refractivity contribution in [1.82, 2.24) is 5.32 Å². The Labute approximate surface area is 84.5 Å². The summed E-state index contributed by atoms with van der Waals surface area (Å²) in [6, 6.07) is 2.49. The van der Waals surface area contributed by atoms with Crippen LogP contribution in [-0.2, 0) is 0 Å². The van der Waals surface area contributed by atoms with E-state index >= 15 is 0 Å². The molecule has 72 valence electrons. The van der Waals surface area contributed by atoms with E-state index in [9.17, 15) is 0 Å². The normalized spacial score (nSPS) is 12.8. The largest absolute Gasteiger partial charge is 0.306 e. The van der Waals surface area contributed by atoms with Gasteiger partial charge in [0.1, 0.15) is 0 Å². The van der Waals surface area contributed by atoms with Crippen LogP contribution in [0.4, 0.5) is 0 Å². The van der Waals surface area contributed by atoms with E-state index in [1.54, 1.807) is 11.3 Å². The number of hydrogen-bond donors (Lipinski definition) is 1. The molecule has 0 spiro atoms. The maximum absolute atomic E-state index is 3.86. The van der Waals surface area contributed by atoms with Crippen molar-refractivity contribution < 1.29 is 0 Å². The minimum absolute atomic E-state index is 0.333. The molecule has 1 atom stereocenters. The highest BCUT2D eigenvalue weighted by Gasteiger charge is 2.09. The monoisotopic (exact) mass is 195 g/mol. The van der Waals surface area contributed by atoms with Gasteiger partial charge in [0.25, 0.3) is 0 Å². The number of thiophene rings is 1. The highest BCUT2D eigenvalue weighted by Crippen LogP contribution is 2.24. The molecular formula is C11H17NS. The number of aryl methyl sites for hydroxylation is 1. The van der Waals surface area contributed by atoms with Crippen LogP contribution in [0.25, 0.3) is 0 Å². The van der Waals surface area contributed by atoms with Crippen molar-refractivity contribution in [2.24, 2.45) is 0 Å². The van der Waals surface area contributed by atoms with E-state index in [4.69, 9.17) is 0 Å². The van der Waals surface area contributed by atoms with Crippen molar-refractivity contribution >= 4 is 11.3 Å². The van der Waals surface area contributed by atoms with Crippen molar-refractivity contribution in [2.45, 2.75) is 26.3 Å². The third kappa shape index (κ3) is 2.68. The molecule has 0 bridgehead atoms. The van der Waals surface area contributed by atoms with Crippen LogP contribution in [-0.4, -0.2) is 6.54 Å². The molecule has 1 N–H and O–H groups in total. The van der Waals surface area contributed by atoms with Gasteiger partial charge in [-0.15, -0.1) is 17.9 Å². The van der Waals surface area contributed by atoms with Crippen LogP contribution in [0.2, 0.25) is 0 Å². The Balaban J connectivity index is 2.66. The second-order valence-electron chi connectivity index (χ2n) is 3.14. The molecule has 1 aromatic heterocycles. The van der Waals surface area contributed by atoms with Gasteiger partial charge in [0.05, 0.1) is 6.04 Å². The molecule has 1 rings (SSSR count). The summed E-state index contributed by atoms with van der Waals surface area (Å²) in [4.78, 5) is 1.39. The van der Waals surface area contributed by atoms with Gasteiger partial charge in [-0.2, -0.15) is 0 Å². The van der Waals surface area contributed by atoms with E-state index in [0.29, 0.717) is 6.04 Å². The SMILES string of the molecule is C=CC(NCCC)c1sccc1C. The van der Waals surface area contributed by atoms with E-state index in [0.717, 1.165) is 13.0 Å². The van der Waals surface area contributed by atoms with Gasteiger partial charge in [0.2, 0.25) is 0 Å². The summed E-state index contributed by atoms with van der Waals surface area (Å²) >= 11 is 1.80. The predicted molar refractivity (Wildman–Crippen MR) is 60.3 cm³/mol. The predicted octanol–water partition coefficient (Wildman–Crippen LogP) is 3.28. The average molecular weight is 195 g/mol. The first-order valence-electron chi connectivity index (χ1n) is 4.69. The van der Waals surface area contributed by atoms with E-state index in [1.165, 1.54) is 10.4 Å². The molecule has 0 aliphatic rings. The number of nitrogens with one attached hydrogen (secondary N) is 1. The first-order valence-corrected chi connectivity index (χ1v) is 5.57. The van der Waals surface area contributed by atoms with Crippen molar-refractivity contribution in [3.8, 4) is 0 Å². The Morgan fingerprint density at radius 2 is 2.46 bits per heavy atom. The number of hydrogen-bond acceptors (Lipinski definition) is 2. The maximum atomic E-state index is 3.86. The molecule has 1 heterocycles. The maximum Gasteiger partial charge on any atom is 0.0600 e. The van der Waals surface area contributed by atoms with Crippen molar-refractivity contribution in [3.05, 3.63) is 34.5 Å². The molecule has 0 amide bonds. The molecule has 0 radical (unpaired) electrons. The van der Waals surface area contributed by atoms with Gasteiger partial charge >= 0.3 is 0 Å². The topological polar surface area (TPSA) is 12.0 Å². The standard InChI is InChI=1S/C11H17NS/c1-4-7-12-10(5-2)11-9(3)6-8-13-11/h5-6,8,10,12H,2,4,7H2,1,3H3. The van der Waals surface area contributed by atoms with Gasteiger partial charge in [-0.1, -0.05) is 13.0 Å². The molecule has 0 aromatic carbocycles. The van der Waals surface area contributed by atoms with Gasteiger partial charge < -0.3 is 5.32 Å². The third-order valence-electron chi connectivity index (χ3n) is 2.03. The fraction of sp³-hybridized carbons (Fsp3) is 0.455. The minimum Gasteiger partial charge on any atom is -0.306 e. The smallest absolute Gasteiger partial charge is 0.0600 e. The van der Waals surface area contributed by atoms with E-state index in [-0.39, 0.29) is 0 Å². The Kier molecular flexibility index (Phi) is 4.19. The molecule has 13 heavy (non-hydrogen) atoms. The van der Waals surface area contributed by atoms with E-state index in [1.807, 2.05) is 6.08 Å². The average Bonchev–Trinajstić information content (AvgIpc) is 2.54. The first kappa shape index (κ1) is 10.5. The summed E-state index contributed by atoms with van der Waals surface area (Å²) in [6.45, 7) is 9.23. The lowest BCUT2D eigenvalue weighted by Gasteiger charge is -2.13. The molecule has 0 aliphatic heterocycles. The van der Waals surface area contributed by atoms with Crippen LogP contribution >= 0.6 is 11.3 Å². The summed E-state index contributed by atoms with van der Waals surface area (Å²) in [7, 11) is 0. The summed E-state index contributed by atoms with van der Waals surface area (Å²) in [5.74, 6) is 0. The van der Waals surface area contributed by atoms with Gasteiger partial charge in [-0.3, -0.25) is 0 Å². The quantitative estimate of drug-likeness (QED) is 0.711. The fourth-order valence-electron chi connectivity index (χ4n) is 1.29.